The Morgan fingerprint density at radius 2 is 1.62 bits per heavy atom. The maximum atomic E-state index is 6.15. The number of hydrogen-bond donors (Lipinski definition) is 0. The summed E-state index contributed by atoms with van der Waals surface area (Å²) in [6.07, 6.45) is 3.64. The number of pyridine rings is 1. The van der Waals surface area contributed by atoms with Crippen LogP contribution < -0.4 is 0 Å². The van der Waals surface area contributed by atoms with Crippen LogP contribution in [0.1, 0.15) is 0 Å². The van der Waals surface area contributed by atoms with E-state index < -0.39 is 0 Å². The van der Waals surface area contributed by atoms with Crippen molar-refractivity contribution in [2.45, 2.75) is 0 Å². The lowest BCUT2D eigenvalue weighted by molar-refractivity contribution is 1.06. The van der Waals surface area contributed by atoms with Crippen LogP contribution in [0, 0.1) is 0 Å². The Balaban J connectivity index is 2.13. The van der Waals surface area contributed by atoms with Crippen molar-refractivity contribution in [1.29, 1.82) is 0 Å². The molecule has 0 saturated heterocycles. The first-order valence-corrected chi connectivity index (χ1v) is 6.96. The van der Waals surface area contributed by atoms with Crippen molar-refractivity contribution in [3.8, 4) is 11.3 Å². The van der Waals surface area contributed by atoms with Crippen LogP contribution in [-0.4, -0.2) is 15.2 Å². The Hall–Kier alpha value is -2.52. The van der Waals surface area contributed by atoms with Crippen molar-refractivity contribution < 1.29 is 0 Å². The first-order chi connectivity index (χ1) is 10.3. The lowest BCUT2D eigenvalue weighted by Gasteiger charge is -2.08. The smallest absolute Gasteiger partial charge is 0.159 e. The van der Waals surface area contributed by atoms with E-state index in [-0.39, 0.29) is 0 Å². The van der Waals surface area contributed by atoms with E-state index >= 15 is 0 Å². The number of halogens is 1. The molecule has 0 fully saturated rings. The summed E-state index contributed by atoms with van der Waals surface area (Å²) in [6.45, 7) is 0. The third kappa shape index (κ3) is 1.94. The summed E-state index contributed by atoms with van der Waals surface area (Å²) in [5.41, 5.74) is 1.88. The van der Waals surface area contributed by atoms with Crippen LogP contribution in [-0.2, 0) is 0 Å². The zero-order valence-electron chi connectivity index (χ0n) is 11.0. The minimum atomic E-state index is 0.427. The molecule has 0 atom stereocenters. The van der Waals surface area contributed by atoms with Gasteiger partial charge in [0.25, 0.3) is 0 Å². The maximum Gasteiger partial charge on any atom is 0.159 e. The van der Waals surface area contributed by atoms with E-state index in [0.717, 1.165) is 32.8 Å². The zero-order valence-corrected chi connectivity index (χ0v) is 11.7. The molecule has 2 heterocycles. The SMILES string of the molecule is Clc1nnc(-c2cccc3cnccc23)c2ccccc12. The molecule has 0 amide bonds. The molecular weight excluding hydrogens is 282 g/mol. The van der Waals surface area contributed by atoms with Gasteiger partial charge in [-0.3, -0.25) is 4.98 Å². The number of aromatic nitrogens is 3. The van der Waals surface area contributed by atoms with E-state index in [1.165, 1.54) is 0 Å². The molecule has 0 bridgehead atoms. The Morgan fingerprint density at radius 3 is 2.52 bits per heavy atom. The van der Waals surface area contributed by atoms with Crippen molar-refractivity contribution in [3.63, 3.8) is 0 Å². The highest BCUT2D eigenvalue weighted by molar-refractivity contribution is 6.34. The summed E-state index contributed by atoms with van der Waals surface area (Å²) < 4.78 is 0. The predicted molar refractivity (Wildman–Crippen MR) is 85.3 cm³/mol. The number of rotatable bonds is 1. The molecule has 0 aliphatic rings. The molecule has 0 spiro atoms. The molecule has 0 aliphatic heterocycles. The number of fused-ring (bicyclic) bond motifs is 2. The Bertz CT molecular complexity index is 961. The predicted octanol–water partition coefficient (Wildman–Crippen LogP) is 4.50. The molecule has 0 radical (unpaired) electrons. The zero-order chi connectivity index (χ0) is 14.2. The number of benzene rings is 2. The molecular formula is C17H10ClN3. The number of hydrogen-bond acceptors (Lipinski definition) is 3. The van der Waals surface area contributed by atoms with Gasteiger partial charge in [-0.1, -0.05) is 54.1 Å². The second-order valence-electron chi connectivity index (χ2n) is 4.79. The fraction of sp³-hybridized carbons (Fsp3) is 0. The number of nitrogens with zero attached hydrogens (tertiary/aromatic N) is 3. The van der Waals surface area contributed by atoms with Gasteiger partial charge in [-0.15, -0.1) is 10.2 Å². The first kappa shape index (κ1) is 12.2. The van der Waals surface area contributed by atoms with Crippen molar-refractivity contribution in [2.75, 3.05) is 0 Å². The van der Waals surface area contributed by atoms with E-state index in [9.17, 15) is 0 Å². The normalized spacial score (nSPS) is 11.1. The molecule has 2 aromatic carbocycles. The fourth-order valence-corrected chi connectivity index (χ4v) is 2.80. The van der Waals surface area contributed by atoms with Gasteiger partial charge in [0.1, 0.15) is 5.69 Å². The van der Waals surface area contributed by atoms with Gasteiger partial charge in [0.05, 0.1) is 0 Å². The molecule has 0 saturated carbocycles. The average Bonchev–Trinajstić information content (AvgIpc) is 2.55. The van der Waals surface area contributed by atoms with Gasteiger partial charge >= 0.3 is 0 Å². The highest BCUT2D eigenvalue weighted by Crippen LogP contribution is 2.33. The van der Waals surface area contributed by atoms with Crippen LogP contribution in [0.2, 0.25) is 5.15 Å². The third-order valence-electron chi connectivity index (χ3n) is 3.58. The van der Waals surface area contributed by atoms with Gasteiger partial charge < -0.3 is 0 Å². The van der Waals surface area contributed by atoms with Crippen LogP contribution in [0.15, 0.2) is 60.9 Å². The van der Waals surface area contributed by atoms with Gasteiger partial charge in [-0.25, -0.2) is 0 Å². The van der Waals surface area contributed by atoms with E-state index in [4.69, 9.17) is 11.6 Å². The van der Waals surface area contributed by atoms with Crippen molar-refractivity contribution in [1.82, 2.24) is 15.2 Å². The fourth-order valence-electron chi connectivity index (χ4n) is 2.60. The molecule has 4 aromatic rings. The topological polar surface area (TPSA) is 38.7 Å². The lowest BCUT2D eigenvalue weighted by atomic mass is 10.00. The van der Waals surface area contributed by atoms with E-state index in [1.807, 2.05) is 54.7 Å². The summed E-state index contributed by atoms with van der Waals surface area (Å²) in [7, 11) is 0. The largest absolute Gasteiger partial charge is 0.264 e. The average molecular weight is 292 g/mol. The van der Waals surface area contributed by atoms with Gasteiger partial charge in [0.2, 0.25) is 0 Å². The standard InChI is InChI=1S/C17H10ClN3/c18-17-15-6-2-1-5-14(15)16(20-21-17)13-7-3-4-11-10-19-9-8-12(11)13/h1-10H. The molecule has 3 nitrogen and oxygen atoms in total. The monoisotopic (exact) mass is 291 g/mol. The van der Waals surface area contributed by atoms with E-state index in [1.54, 1.807) is 6.20 Å². The molecule has 4 heteroatoms. The molecule has 100 valence electrons. The van der Waals surface area contributed by atoms with Crippen LogP contribution in [0.5, 0.6) is 0 Å². The van der Waals surface area contributed by atoms with Crippen molar-refractivity contribution in [2.24, 2.45) is 0 Å². The van der Waals surface area contributed by atoms with Gasteiger partial charge in [0.15, 0.2) is 5.15 Å². The second-order valence-corrected chi connectivity index (χ2v) is 5.15. The maximum absolute atomic E-state index is 6.15. The minimum Gasteiger partial charge on any atom is -0.264 e. The van der Waals surface area contributed by atoms with Gasteiger partial charge in [0, 0.05) is 34.1 Å². The third-order valence-corrected chi connectivity index (χ3v) is 3.86. The Labute approximate surface area is 126 Å². The first-order valence-electron chi connectivity index (χ1n) is 6.58. The summed E-state index contributed by atoms with van der Waals surface area (Å²) >= 11 is 6.15. The van der Waals surface area contributed by atoms with Crippen molar-refractivity contribution >= 4 is 33.1 Å². The highest BCUT2D eigenvalue weighted by Gasteiger charge is 2.11. The molecule has 4 rings (SSSR count). The quantitative estimate of drug-likeness (QED) is 0.518. The minimum absolute atomic E-state index is 0.427. The van der Waals surface area contributed by atoms with Crippen LogP contribution in [0.25, 0.3) is 32.8 Å². The lowest BCUT2D eigenvalue weighted by Crippen LogP contribution is -1.92. The van der Waals surface area contributed by atoms with E-state index in [0.29, 0.717) is 5.15 Å². The highest BCUT2D eigenvalue weighted by atomic mass is 35.5. The molecule has 0 N–H and O–H groups in total. The molecule has 0 aliphatic carbocycles. The van der Waals surface area contributed by atoms with Gasteiger partial charge in [-0.05, 0) is 11.5 Å². The van der Waals surface area contributed by atoms with Gasteiger partial charge in [-0.2, -0.15) is 0 Å². The second kappa shape index (κ2) is 4.79. The molecule has 2 aromatic heterocycles. The van der Waals surface area contributed by atoms with Crippen LogP contribution >= 0.6 is 11.6 Å². The summed E-state index contributed by atoms with van der Waals surface area (Å²) in [4.78, 5) is 4.17. The molecule has 0 unspecified atom stereocenters. The summed E-state index contributed by atoms with van der Waals surface area (Å²) in [6, 6.07) is 16.0. The van der Waals surface area contributed by atoms with E-state index in [2.05, 4.69) is 15.2 Å². The molecule has 21 heavy (non-hydrogen) atoms. The van der Waals surface area contributed by atoms with Crippen molar-refractivity contribution in [3.05, 3.63) is 66.1 Å². The summed E-state index contributed by atoms with van der Waals surface area (Å²) in [5.74, 6) is 0. The Morgan fingerprint density at radius 1 is 0.762 bits per heavy atom. The van der Waals surface area contributed by atoms with Crippen LogP contribution in [0.4, 0.5) is 0 Å². The Kier molecular flexibility index (Phi) is 2.79. The van der Waals surface area contributed by atoms with Crippen LogP contribution in [0.3, 0.4) is 0 Å². The summed E-state index contributed by atoms with van der Waals surface area (Å²) in [5, 5.41) is 12.9.